The Balaban J connectivity index is 2.02. The number of tetrazole rings is 1. The predicted molar refractivity (Wildman–Crippen MR) is 83.6 cm³/mol. The smallest absolute Gasteiger partial charge is 0.368 e. The van der Waals surface area contributed by atoms with Gasteiger partial charge in [0.15, 0.2) is 5.69 Å². The fourth-order valence-electron chi connectivity index (χ4n) is 2.15. The molecule has 23 heavy (non-hydrogen) atoms. The fraction of sp³-hybridized carbons (Fsp3) is 0.125. The highest BCUT2D eigenvalue weighted by Gasteiger charge is 2.15. The maximum Gasteiger partial charge on any atom is 0.368 e. The molecular weight excluding hydrogens is 294 g/mol. The highest BCUT2D eigenvalue weighted by atomic mass is 16.5. The first-order valence-electron chi connectivity index (χ1n) is 6.87. The van der Waals surface area contributed by atoms with Crippen molar-refractivity contribution in [1.29, 1.82) is 0 Å². The van der Waals surface area contributed by atoms with Gasteiger partial charge in [-0.05, 0) is 28.6 Å². The molecule has 0 amide bonds. The van der Waals surface area contributed by atoms with E-state index in [9.17, 15) is 4.79 Å². The molecule has 114 valence electrons. The molecule has 0 aliphatic carbocycles. The van der Waals surface area contributed by atoms with Crippen LogP contribution < -0.4 is 10.4 Å². The molecule has 7 heteroatoms. The van der Waals surface area contributed by atoms with E-state index in [1.54, 1.807) is 18.2 Å². The summed E-state index contributed by atoms with van der Waals surface area (Å²) in [6, 6.07) is 14.4. The van der Waals surface area contributed by atoms with Crippen LogP contribution in [0.25, 0.3) is 10.5 Å². The van der Waals surface area contributed by atoms with Crippen molar-refractivity contribution in [2.75, 3.05) is 0 Å². The van der Waals surface area contributed by atoms with Gasteiger partial charge in [-0.15, -0.1) is 0 Å². The Hall–Kier alpha value is -3.40. The highest BCUT2D eigenvalue weighted by molar-refractivity contribution is 5.60. The van der Waals surface area contributed by atoms with E-state index >= 15 is 0 Å². The van der Waals surface area contributed by atoms with Gasteiger partial charge in [0.05, 0.1) is 12.3 Å². The first kappa shape index (κ1) is 14.5. The van der Waals surface area contributed by atoms with Crippen molar-refractivity contribution in [3.63, 3.8) is 0 Å². The number of benzene rings is 2. The molecule has 0 bridgehead atoms. The van der Waals surface area contributed by atoms with E-state index in [0.29, 0.717) is 22.7 Å². The molecule has 0 saturated carbocycles. The van der Waals surface area contributed by atoms with Crippen molar-refractivity contribution < 1.29 is 4.74 Å². The van der Waals surface area contributed by atoms with Crippen LogP contribution in [0.5, 0.6) is 5.75 Å². The summed E-state index contributed by atoms with van der Waals surface area (Å²) in [7, 11) is 1.52. The van der Waals surface area contributed by atoms with Crippen LogP contribution in [-0.2, 0) is 13.7 Å². The summed E-state index contributed by atoms with van der Waals surface area (Å²) >= 11 is 0. The lowest BCUT2D eigenvalue weighted by atomic mass is 10.1. The normalized spacial score (nSPS) is 10.3. The average molecular weight is 307 g/mol. The molecule has 0 radical (unpaired) electrons. The zero-order valence-electron chi connectivity index (χ0n) is 12.4. The topological polar surface area (TPSA) is 66.3 Å². The summed E-state index contributed by atoms with van der Waals surface area (Å²) in [6.07, 6.45) is 0. The summed E-state index contributed by atoms with van der Waals surface area (Å²) < 4.78 is 8.03. The quantitative estimate of drug-likeness (QED) is 0.692. The predicted octanol–water partition coefficient (Wildman–Crippen LogP) is 2.10. The van der Waals surface area contributed by atoms with Crippen LogP contribution in [-0.4, -0.2) is 19.8 Å². The van der Waals surface area contributed by atoms with Gasteiger partial charge in [0.25, 0.3) is 0 Å². The van der Waals surface area contributed by atoms with Crippen molar-refractivity contribution >= 4 is 5.69 Å². The highest BCUT2D eigenvalue weighted by Crippen LogP contribution is 2.26. The molecule has 0 atom stereocenters. The van der Waals surface area contributed by atoms with Gasteiger partial charge in [0.1, 0.15) is 12.4 Å². The maximum atomic E-state index is 12.1. The Bertz CT molecular complexity index is 922. The van der Waals surface area contributed by atoms with Crippen molar-refractivity contribution in [2.24, 2.45) is 7.05 Å². The minimum Gasteiger partial charge on any atom is -0.490 e. The zero-order chi connectivity index (χ0) is 16.2. The second-order valence-electron chi connectivity index (χ2n) is 4.79. The van der Waals surface area contributed by atoms with E-state index in [4.69, 9.17) is 11.3 Å². The monoisotopic (exact) mass is 307 g/mol. The molecule has 0 spiro atoms. The molecule has 2 aromatic carbocycles. The van der Waals surface area contributed by atoms with Crippen LogP contribution in [0.15, 0.2) is 53.3 Å². The van der Waals surface area contributed by atoms with Gasteiger partial charge in [-0.1, -0.05) is 30.3 Å². The maximum absolute atomic E-state index is 12.1. The number of aromatic nitrogens is 4. The Morgan fingerprint density at radius 1 is 1.13 bits per heavy atom. The molecular formula is C16H13N5O2. The van der Waals surface area contributed by atoms with Crippen molar-refractivity contribution in [2.45, 2.75) is 6.61 Å². The third-order valence-corrected chi connectivity index (χ3v) is 3.32. The Morgan fingerprint density at radius 3 is 2.57 bits per heavy atom. The van der Waals surface area contributed by atoms with E-state index < -0.39 is 0 Å². The minimum atomic E-state index is -0.381. The second-order valence-corrected chi connectivity index (χ2v) is 4.79. The average Bonchev–Trinajstić information content (AvgIpc) is 2.92. The van der Waals surface area contributed by atoms with Crippen LogP contribution in [0.1, 0.15) is 5.56 Å². The van der Waals surface area contributed by atoms with Gasteiger partial charge >= 0.3 is 5.69 Å². The van der Waals surface area contributed by atoms with Crippen LogP contribution in [0.2, 0.25) is 0 Å². The number of hydrogen-bond donors (Lipinski definition) is 0. The Kier molecular flexibility index (Phi) is 3.89. The molecule has 0 fully saturated rings. The molecule has 1 heterocycles. The van der Waals surface area contributed by atoms with E-state index in [1.807, 2.05) is 30.3 Å². The van der Waals surface area contributed by atoms with Gasteiger partial charge in [-0.2, -0.15) is 9.36 Å². The largest absolute Gasteiger partial charge is 0.490 e. The number of hydrogen-bond acceptors (Lipinski definition) is 4. The van der Waals surface area contributed by atoms with Gasteiger partial charge in [-0.25, -0.2) is 9.64 Å². The number of para-hydroxylation sites is 1. The van der Waals surface area contributed by atoms with Crippen LogP contribution in [0.4, 0.5) is 5.69 Å². The van der Waals surface area contributed by atoms with Crippen molar-refractivity contribution in [3.8, 4) is 11.4 Å². The third kappa shape index (κ3) is 2.82. The van der Waals surface area contributed by atoms with E-state index in [1.165, 1.54) is 11.7 Å². The first-order valence-corrected chi connectivity index (χ1v) is 6.87. The molecule has 3 rings (SSSR count). The number of aryl methyl sites for hydroxylation is 1. The van der Waals surface area contributed by atoms with Gasteiger partial charge in [-0.3, -0.25) is 0 Å². The first-order chi connectivity index (χ1) is 11.2. The fourth-order valence-corrected chi connectivity index (χ4v) is 2.15. The van der Waals surface area contributed by atoms with E-state index in [2.05, 4.69) is 15.3 Å². The number of ether oxygens (including phenoxy) is 1. The van der Waals surface area contributed by atoms with Gasteiger partial charge < -0.3 is 4.74 Å². The van der Waals surface area contributed by atoms with Gasteiger partial charge in [0, 0.05) is 12.6 Å². The molecule has 1 aromatic heterocycles. The lowest BCUT2D eigenvalue weighted by Gasteiger charge is -2.11. The van der Waals surface area contributed by atoms with Crippen LogP contribution in [0, 0.1) is 6.57 Å². The van der Waals surface area contributed by atoms with Crippen LogP contribution in [0.3, 0.4) is 0 Å². The summed E-state index contributed by atoms with van der Waals surface area (Å²) in [5.74, 6) is 0.685. The van der Waals surface area contributed by atoms with Crippen molar-refractivity contribution in [1.82, 2.24) is 19.8 Å². The van der Waals surface area contributed by atoms with E-state index in [-0.39, 0.29) is 12.3 Å². The molecule has 0 aliphatic heterocycles. The molecule has 7 nitrogen and oxygen atoms in total. The minimum absolute atomic E-state index is 0.154. The molecule has 0 saturated heterocycles. The Morgan fingerprint density at radius 2 is 1.91 bits per heavy atom. The van der Waals surface area contributed by atoms with E-state index in [0.717, 1.165) is 4.68 Å². The number of nitrogens with zero attached hydrogens (tertiary/aromatic N) is 5. The molecule has 0 unspecified atom stereocenters. The summed E-state index contributed by atoms with van der Waals surface area (Å²) in [4.78, 5) is 15.6. The van der Waals surface area contributed by atoms with Crippen molar-refractivity contribution in [3.05, 3.63) is 76.0 Å². The molecule has 0 N–H and O–H groups in total. The summed E-state index contributed by atoms with van der Waals surface area (Å²) in [5, 5.41) is 7.54. The third-order valence-electron chi connectivity index (χ3n) is 3.32. The SMILES string of the molecule is [C-]#[N+]c1cccc(-n2nnn(C)c2=O)c1COc1ccccc1. The lowest BCUT2D eigenvalue weighted by Crippen LogP contribution is -2.23. The Labute approximate surface area is 132 Å². The lowest BCUT2D eigenvalue weighted by molar-refractivity contribution is 0.306. The van der Waals surface area contributed by atoms with Gasteiger partial charge in [0.2, 0.25) is 0 Å². The zero-order valence-corrected chi connectivity index (χ0v) is 12.4. The standard InChI is InChI=1S/C16H13N5O2/c1-17-14-9-6-10-15(21-16(22)20(2)18-19-21)13(14)11-23-12-7-4-3-5-8-12/h3-10H,11H2,2H3. The summed E-state index contributed by atoms with van der Waals surface area (Å²) in [5.41, 5.74) is 1.12. The molecule has 0 aliphatic rings. The second kappa shape index (κ2) is 6.15. The van der Waals surface area contributed by atoms with Crippen LogP contribution >= 0.6 is 0 Å². The molecule has 3 aromatic rings. The number of rotatable bonds is 4. The summed E-state index contributed by atoms with van der Waals surface area (Å²) in [6.45, 7) is 7.48.